The fourth-order valence-electron chi connectivity index (χ4n) is 3.49. The van der Waals surface area contributed by atoms with Gasteiger partial charge in [0, 0.05) is 12.3 Å². The number of piperidine rings is 1. The number of rotatable bonds is 6. The molecule has 0 radical (unpaired) electrons. The van der Waals surface area contributed by atoms with Crippen LogP contribution < -0.4 is 5.32 Å². The van der Waals surface area contributed by atoms with E-state index >= 15 is 0 Å². The molecule has 2 rings (SSSR count). The van der Waals surface area contributed by atoms with Crippen molar-refractivity contribution in [3.63, 3.8) is 0 Å². The maximum Gasteiger partial charge on any atom is 0.230 e. The molecular weight excluding hydrogens is 262 g/mol. The standard InChI is InChI=1S/C18H25NO2/c1-3-5-11-18(4-2)13-16(20)19-17(21)15(18)12-14-9-7-6-8-10-14/h6-10,15H,3-5,11-13H2,1-2H3,(H,19,20,21). The smallest absolute Gasteiger partial charge is 0.230 e. The Morgan fingerprint density at radius 3 is 2.52 bits per heavy atom. The Hall–Kier alpha value is -1.64. The first-order valence-corrected chi connectivity index (χ1v) is 7.99. The first-order chi connectivity index (χ1) is 10.1. The summed E-state index contributed by atoms with van der Waals surface area (Å²) >= 11 is 0. The Morgan fingerprint density at radius 2 is 1.90 bits per heavy atom. The topological polar surface area (TPSA) is 46.2 Å². The van der Waals surface area contributed by atoms with Gasteiger partial charge in [0.1, 0.15) is 0 Å². The summed E-state index contributed by atoms with van der Waals surface area (Å²) in [6.07, 6.45) is 5.19. The highest BCUT2D eigenvalue weighted by molar-refractivity contribution is 5.99. The lowest BCUT2D eigenvalue weighted by Gasteiger charge is -2.42. The molecule has 1 aliphatic rings. The minimum atomic E-state index is -0.175. The number of hydrogen-bond donors (Lipinski definition) is 1. The molecule has 2 amide bonds. The number of unbranched alkanes of at least 4 members (excludes halogenated alkanes) is 1. The maximum atomic E-state index is 12.4. The van der Waals surface area contributed by atoms with E-state index in [1.165, 1.54) is 5.56 Å². The zero-order chi connectivity index (χ0) is 15.3. The Balaban J connectivity index is 2.27. The second kappa shape index (κ2) is 6.88. The van der Waals surface area contributed by atoms with E-state index in [0.29, 0.717) is 6.42 Å². The summed E-state index contributed by atoms with van der Waals surface area (Å²) in [6, 6.07) is 10.1. The highest BCUT2D eigenvalue weighted by atomic mass is 16.2. The maximum absolute atomic E-state index is 12.4. The molecule has 3 heteroatoms. The van der Waals surface area contributed by atoms with Gasteiger partial charge in [-0.25, -0.2) is 0 Å². The predicted octanol–water partition coefficient (Wildman–Crippen LogP) is 3.48. The molecule has 3 nitrogen and oxygen atoms in total. The van der Waals surface area contributed by atoms with E-state index in [9.17, 15) is 9.59 Å². The summed E-state index contributed by atoms with van der Waals surface area (Å²) < 4.78 is 0. The Kier molecular flexibility index (Phi) is 5.16. The quantitative estimate of drug-likeness (QED) is 0.814. The average Bonchev–Trinajstić information content (AvgIpc) is 2.49. The Labute approximate surface area is 127 Å². The fraction of sp³-hybridized carbons (Fsp3) is 0.556. The van der Waals surface area contributed by atoms with Gasteiger partial charge in [0.05, 0.1) is 0 Å². The van der Waals surface area contributed by atoms with Crippen molar-refractivity contribution in [2.75, 3.05) is 0 Å². The molecular formula is C18H25NO2. The molecule has 0 spiro atoms. The number of amides is 2. The van der Waals surface area contributed by atoms with Crippen molar-refractivity contribution in [2.24, 2.45) is 11.3 Å². The van der Waals surface area contributed by atoms with Gasteiger partial charge in [0.2, 0.25) is 11.8 Å². The minimum absolute atomic E-state index is 0.0898. The van der Waals surface area contributed by atoms with Crippen molar-refractivity contribution in [1.82, 2.24) is 5.32 Å². The van der Waals surface area contributed by atoms with Gasteiger partial charge in [-0.3, -0.25) is 14.9 Å². The van der Waals surface area contributed by atoms with Crippen LogP contribution >= 0.6 is 0 Å². The van der Waals surface area contributed by atoms with Crippen LogP contribution in [-0.4, -0.2) is 11.8 Å². The van der Waals surface area contributed by atoms with Gasteiger partial charge in [-0.05, 0) is 30.2 Å². The molecule has 1 heterocycles. The van der Waals surface area contributed by atoms with E-state index in [4.69, 9.17) is 0 Å². The van der Waals surface area contributed by atoms with Crippen molar-refractivity contribution in [2.45, 2.75) is 52.4 Å². The van der Waals surface area contributed by atoms with Crippen LogP contribution in [0.1, 0.15) is 51.5 Å². The normalized spacial score (nSPS) is 25.7. The number of hydrogen-bond acceptors (Lipinski definition) is 2. The number of nitrogens with one attached hydrogen (secondary N) is 1. The lowest BCUT2D eigenvalue weighted by Crippen LogP contribution is -2.52. The van der Waals surface area contributed by atoms with Crippen LogP contribution in [0.2, 0.25) is 0 Å². The fourth-order valence-corrected chi connectivity index (χ4v) is 3.49. The summed E-state index contributed by atoms with van der Waals surface area (Å²) in [5, 5.41) is 2.54. The van der Waals surface area contributed by atoms with Crippen molar-refractivity contribution in [1.29, 1.82) is 0 Å². The third-order valence-electron chi connectivity index (χ3n) is 4.85. The van der Waals surface area contributed by atoms with Crippen LogP contribution in [-0.2, 0) is 16.0 Å². The molecule has 0 saturated carbocycles. The van der Waals surface area contributed by atoms with Crippen LogP contribution in [0.15, 0.2) is 30.3 Å². The SMILES string of the molecule is CCCCC1(CC)CC(=O)NC(=O)C1Cc1ccccc1. The summed E-state index contributed by atoms with van der Waals surface area (Å²) in [4.78, 5) is 24.3. The van der Waals surface area contributed by atoms with E-state index in [1.54, 1.807) is 0 Å². The summed E-state index contributed by atoms with van der Waals surface area (Å²) in [5.41, 5.74) is 0.993. The Morgan fingerprint density at radius 1 is 1.19 bits per heavy atom. The summed E-state index contributed by atoms with van der Waals surface area (Å²) in [6.45, 7) is 4.26. The highest BCUT2D eigenvalue weighted by Gasteiger charge is 2.46. The van der Waals surface area contributed by atoms with Crippen LogP contribution in [0.25, 0.3) is 0 Å². The van der Waals surface area contributed by atoms with E-state index in [1.807, 2.05) is 18.2 Å². The third kappa shape index (κ3) is 3.52. The number of benzene rings is 1. The van der Waals surface area contributed by atoms with E-state index < -0.39 is 0 Å². The summed E-state index contributed by atoms with van der Waals surface area (Å²) in [5.74, 6) is -0.301. The first-order valence-electron chi connectivity index (χ1n) is 7.99. The Bertz CT molecular complexity index is 497. The molecule has 1 saturated heterocycles. The van der Waals surface area contributed by atoms with Crippen LogP contribution in [0.5, 0.6) is 0 Å². The van der Waals surface area contributed by atoms with Gasteiger partial charge >= 0.3 is 0 Å². The second-order valence-corrected chi connectivity index (χ2v) is 6.15. The second-order valence-electron chi connectivity index (χ2n) is 6.15. The number of carbonyl (C=O) groups excluding carboxylic acids is 2. The number of carbonyl (C=O) groups is 2. The molecule has 0 bridgehead atoms. The van der Waals surface area contributed by atoms with E-state index in [0.717, 1.165) is 32.1 Å². The molecule has 2 atom stereocenters. The van der Waals surface area contributed by atoms with Gasteiger partial charge in [-0.1, -0.05) is 57.0 Å². The highest BCUT2D eigenvalue weighted by Crippen LogP contribution is 2.44. The molecule has 1 N–H and O–H groups in total. The lowest BCUT2D eigenvalue weighted by molar-refractivity contribution is -0.144. The third-order valence-corrected chi connectivity index (χ3v) is 4.85. The van der Waals surface area contributed by atoms with E-state index in [2.05, 4.69) is 31.3 Å². The van der Waals surface area contributed by atoms with Gasteiger partial charge in [-0.2, -0.15) is 0 Å². The summed E-state index contributed by atoms with van der Waals surface area (Å²) in [7, 11) is 0. The molecule has 1 aromatic carbocycles. The van der Waals surface area contributed by atoms with Gasteiger partial charge in [-0.15, -0.1) is 0 Å². The monoisotopic (exact) mass is 287 g/mol. The first kappa shape index (κ1) is 15.7. The van der Waals surface area contributed by atoms with Crippen LogP contribution in [0.3, 0.4) is 0 Å². The van der Waals surface area contributed by atoms with Crippen molar-refractivity contribution in [3.05, 3.63) is 35.9 Å². The minimum Gasteiger partial charge on any atom is -0.296 e. The average molecular weight is 287 g/mol. The van der Waals surface area contributed by atoms with Crippen molar-refractivity contribution >= 4 is 11.8 Å². The molecule has 2 unspecified atom stereocenters. The van der Waals surface area contributed by atoms with Crippen LogP contribution in [0, 0.1) is 11.3 Å². The van der Waals surface area contributed by atoms with Crippen molar-refractivity contribution in [3.8, 4) is 0 Å². The number of imide groups is 1. The largest absolute Gasteiger partial charge is 0.296 e. The molecule has 1 aliphatic heterocycles. The van der Waals surface area contributed by atoms with E-state index in [-0.39, 0.29) is 23.1 Å². The molecule has 0 aliphatic carbocycles. The van der Waals surface area contributed by atoms with Crippen molar-refractivity contribution < 1.29 is 9.59 Å². The molecule has 0 aromatic heterocycles. The molecule has 21 heavy (non-hydrogen) atoms. The molecule has 1 fully saturated rings. The predicted molar refractivity (Wildman–Crippen MR) is 83.7 cm³/mol. The zero-order valence-electron chi connectivity index (χ0n) is 13.0. The molecule has 114 valence electrons. The van der Waals surface area contributed by atoms with Gasteiger partial charge in [0.15, 0.2) is 0 Å². The lowest BCUT2D eigenvalue weighted by atomic mass is 9.63. The van der Waals surface area contributed by atoms with Crippen LogP contribution in [0.4, 0.5) is 0 Å². The molecule has 1 aromatic rings. The zero-order valence-corrected chi connectivity index (χ0v) is 13.0. The van der Waals surface area contributed by atoms with Gasteiger partial charge in [0.25, 0.3) is 0 Å². The van der Waals surface area contributed by atoms with Gasteiger partial charge < -0.3 is 0 Å².